The van der Waals surface area contributed by atoms with Crippen molar-refractivity contribution in [1.82, 2.24) is 10.6 Å². The molecule has 0 spiro atoms. The van der Waals surface area contributed by atoms with Crippen LogP contribution in [0.4, 0.5) is 13.2 Å². The van der Waals surface area contributed by atoms with Crippen LogP contribution < -0.4 is 10.6 Å². The number of benzene rings is 1. The SMILES string of the molecule is FC(F)(F)c1ccc(CNC2=NCCCN2)cc1.I. The predicted molar refractivity (Wildman–Crippen MR) is 78.6 cm³/mol. The van der Waals surface area contributed by atoms with Gasteiger partial charge >= 0.3 is 6.18 Å². The van der Waals surface area contributed by atoms with Crippen molar-refractivity contribution in [1.29, 1.82) is 0 Å². The van der Waals surface area contributed by atoms with Gasteiger partial charge in [0.1, 0.15) is 0 Å². The van der Waals surface area contributed by atoms with Crippen LogP contribution in [0.1, 0.15) is 17.5 Å². The zero-order chi connectivity index (χ0) is 13.0. The zero-order valence-electron chi connectivity index (χ0n) is 10.1. The van der Waals surface area contributed by atoms with Crippen molar-refractivity contribution in [3.63, 3.8) is 0 Å². The molecule has 0 aromatic heterocycles. The molecular formula is C12H15F3IN3. The highest BCUT2D eigenvalue weighted by molar-refractivity contribution is 14.0. The van der Waals surface area contributed by atoms with Gasteiger partial charge in [-0.15, -0.1) is 24.0 Å². The maximum atomic E-state index is 12.4. The lowest BCUT2D eigenvalue weighted by molar-refractivity contribution is -0.137. The average Bonchev–Trinajstić information content (AvgIpc) is 2.37. The van der Waals surface area contributed by atoms with E-state index >= 15 is 0 Å². The van der Waals surface area contributed by atoms with Gasteiger partial charge in [0, 0.05) is 19.6 Å². The van der Waals surface area contributed by atoms with Crippen LogP contribution in [0.15, 0.2) is 29.3 Å². The second-order valence-corrected chi connectivity index (χ2v) is 4.06. The molecule has 0 aliphatic carbocycles. The van der Waals surface area contributed by atoms with Crippen LogP contribution >= 0.6 is 24.0 Å². The molecule has 1 aliphatic heterocycles. The Bertz CT molecular complexity index is 429. The average molecular weight is 385 g/mol. The second-order valence-electron chi connectivity index (χ2n) is 4.06. The van der Waals surface area contributed by atoms with Gasteiger partial charge in [0.05, 0.1) is 5.56 Å². The number of hydrogen-bond acceptors (Lipinski definition) is 3. The van der Waals surface area contributed by atoms with Crippen molar-refractivity contribution in [3.8, 4) is 0 Å². The monoisotopic (exact) mass is 385 g/mol. The summed E-state index contributed by atoms with van der Waals surface area (Å²) in [6.45, 7) is 2.12. The predicted octanol–water partition coefficient (Wildman–Crippen LogP) is 2.76. The molecule has 3 nitrogen and oxygen atoms in total. The summed E-state index contributed by atoms with van der Waals surface area (Å²) in [6.07, 6.45) is -3.27. The zero-order valence-corrected chi connectivity index (χ0v) is 12.5. The number of aliphatic imine (C=N–C) groups is 1. The lowest BCUT2D eigenvalue weighted by atomic mass is 10.1. The van der Waals surface area contributed by atoms with E-state index in [1.165, 1.54) is 12.1 Å². The van der Waals surface area contributed by atoms with Crippen LogP contribution in [0, 0.1) is 0 Å². The van der Waals surface area contributed by atoms with E-state index in [9.17, 15) is 13.2 Å². The van der Waals surface area contributed by atoms with Crippen LogP contribution in [0.2, 0.25) is 0 Å². The number of nitrogens with one attached hydrogen (secondary N) is 2. The number of hydrogen-bond donors (Lipinski definition) is 2. The fourth-order valence-corrected chi connectivity index (χ4v) is 1.65. The third-order valence-corrected chi connectivity index (χ3v) is 2.64. The number of rotatable bonds is 2. The van der Waals surface area contributed by atoms with Gasteiger partial charge < -0.3 is 10.6 Å². The van der Waals surface area contributed by atoms with Gasteiger partial charge in [-0.25, -0.2) is 0 Å². The molecular weight excluding hydrogens is 370 g/mol. The minimum Gasteiger partial charge on any atom is -0.356 e. The van der Waals surface area contributed by atoms with Crippen LogP contribution in [0.5, 0.6) is 0 Å². The first-order chi connectivity index (χ1) is 8.55. The van der Waals surface area contributed by atoms with Gasteiger partial charge in [-0.2, -0.15) is 13.2 Å². The molecule has 2 rings (SSSR count). The molecule has 1 aliphatic rings. The van der Waals surface area contributed by atoms with Crippen LogP contribution in [0.3, 0.4) is 0 Å². The molecule has 1 heterocycles. The van der Waals surface area contributed by atoms with E-state index in [4.69, 9.17) is 0 Å². The molecule has 0 atom stereocenters. The smallest absolute Gasteiger partial charge is 0.356 e. The molecule has 1 aromatic rings. The molecule has 0 unspecified atom stereocenters. The maximum Gasteiger partial charge on any atom is 0.416 e. The lowest BCUT2D eigenvalue weighted by Crippen LogP contribution is -2.40. The van der Waals surface area contributed by atoms with E-state index in [-0.39, 0.29) is 24.0 Å². The summed E-state index contributed by atoms with van der Waals surface area (Å²) in [4.78, 5) is 4.22. The van der Waals surface area contributed by atoms with E-state index in [0.29, 0.717) is 12.5 Å². The minimum atomic E-state index is -4.28. The Morgan fingerprint density at radius 2 is 1.89 bits per heavy atom. The summed E-state index contributed by atoms with van der Waals surface area (Å²) >= 11 is 0. The third-order valence-electron chi connectivity index (χ3n) is 2.64. The molecule has 2 N–H and O–H groups in total. The van der Waals surface area contributed by atoms with E-state index in [2.05, 4.69) is 15.6 Å². The van der Waals surface area contributed by atoms with Crippen molar-refractivity contribution < 1.29 is 13.2 Å². The van der Waals surface area contributed by atoms with E-state index in [1.807, 2.05) is 0 Å². The topological polar surface area (TPSA) is 36.4 Å². The summed E-state index contributed by atoms with van der Waals surface area (Å²) in [5.41, 5.74) is 0.164. The second kappa shape index (κ2) is 6.97. The fraction of sp³-hybridized carbons (Fsp3) is 0.417. The fourth-order valence-electron chi connectivity index (χ4n) is 1.65. The molecule has 1 aromatic carbocycles. The number of halogens is 4. The summed E-state index contributed by atoms with van der Waals surface area (Å²) in [5.74, 6) is 0.709. The quantitative estimate of drug-likeness (QED) is 0.769. The Morgan fingerprint density at radius 3 is 2.42 bits per heavy atom. The van der Waals surface area contributed by atoms with Gasteiger partial charge in [-0.3, -0.25) is 4.99 Å². The van der Waals surface area contributed by atoms with E-state index in [1.54, 1.807) is 0 Å². The molecule has 7 heteroatoms. The Hall–Kier alpha value is -0.990. The number of guanidine groups is 1. The van der Waals surface area contributed by atoms with Crippen molar-refractivity contribution >= 4 is 29.9 Å². The van der Waals surface area contributed by atoms with Gasteiger partial charge in [0.15, 0.2) is 5.96 Å². The summed E-state index contributed by atoms with van der Waals surface area (Å²) < 4.78 is 37.1. The Morgan fingerprint density at radius 1 is 1.21 bits per heavy atom. The first-order valence-corrected chi connectivity index (χ1v) is 5.74. The molecule has 0 fully saturated rings. The largest absolute Gasteiger partial charge is 0.416 e. The molecule has 0 amide bonds. The summed E-state index contributed by atoms with van der Waals surface area (Å²) in [7, 11) is 0. The highest BCUT2D eigenvalue weighted by atomic mass is 127. The molecule has 19 heavy (non-hydrogen) atoms. The van der Waals surface area contributed by atoms with Crippen LogP contribution in [-0.2, 0) is 12.7 Å². The van der Waals surface area contributed by atoms with Crippen molar-refractivity contribution in [2.75, 3.05) is 13.1 Å². The van der Waals surface area contributed by atoms with E-state index in [0.717, 1.165) is 37.2 Å². The number of alkyl halides is 3. The third kappa shape index (κ3) is 4.88. The summed E-state index contributed by atoms with van der Waals surface area (Å²) in [6, 6.07) is 5.12. The molecule has 0 saturated heterocycles. The van der Waals surface area contributed by atoms with Crippen LogP contribution in [-0.4, -0.2) is 19.0 Å². The number of nitrogens with zero attached hydrogens (tertiary/aromatic N) is 1. The lowest BCUT2D eigenvalue weighted by Gasteiger charge is -2.16. The van der Waals surface area contributed by atoms with Crippen molar-refractivity contribution in [2.24, 2.45) is 4.99 Å². The highest BCUT2D eigenvalue weighted by Crippen LogP contribution is 2.28. The highest BCUT2D eigenvalue weighted by Gasteiger charge is 2.29. The molecule has 0 saturated carbocycles. The standard InChI is InChI=1S/C12H14F3N3.HI/c13-12(14,15)10-4-2-9(3-5-10)8-18-11-16-6-1-7-17-11;/h2-5H,1,6-8H2,(H2,16,17,18);1H. The van der Waals surface area contributed by atoms with Gasteiger partial charge in [0.25, 0.3) is 0 Å². The Balaban J connectivity index is 0.00000180. The Kier molecular flexibility index (Phi) is 5.89. The van der Waals surface area contributed by atoms with Crippen molar-refractivity contribution in [2.45, 2.75) is 19.1 Å². The molecule has 0 radical (unpaired) electrons. The molecule has 106 valence electrons. The Labute approximate surface area is 126 Å². The minimum absolute atomic E-state index is 0. The van der Waals surface area contributed by atoms with Crippen LogP contribution in [0.25, 0.3) is 0 Å². The normalized spacial score (nSPS) is 15.0. The molecule has 0 bridgehead atoms. The van der Waals surface area contributed by atoms with Crippen molar-refractivity contribution in [3.05, 3.63) is 35.4 Å². The van der Waals surface area contributed by atoms with Gasteiger partial charge in [-0.05, 0) is 24.1 Å². The first-order valence-electron chi connectivity index (χ1n) is 5.74. The maximum absolute atomic E-state index is 12.4. The first kappa shape index (κ1) is 16.1. The van der Waals surface area contributed by atoms with E-state index < -0.39 is 11.7 Å². The summed E-state index contributed by atoms with van der Waals surface area (Å²) in [5, 5.41) is 6.14. The van der Waals surface area contributed by atoms with Gasteiger partial charge in [-0.1, -0.05) is 12.1 Å². The van der Waals surface area contributed by atoms with Gasteiger partial charge in [0.2, 0.25) is 0 Å².